The monoisotopic (exact) mass is 224 g/mol. The Morgan fingerprint density at radius 1 is 1.33 bits per heavy atom. The van der Waals surface area contributed by atoms with Gasteiger partial charge in [0.2, 0.25) is 0 Å². The normalized spacial score (nSPS) is 10.9. The minimum absolute atomic E-state index is 0.0619. The molecule has 1 aromatic carbocycles. The van der Waals surface area contributed by atoms with Crippen LogP contribution in [0.15, 0.2) is 12.3 Å². The second-order valence-electron chi connectivity index (χ2n) is 3.57. The largest absolute Gasteiger partial charge is 0.395 e. The summed E-state index contributed by atoms with van der Waals surface area (Å²) in [6, 6.07) is 1.67. The fraction of sp³-hybridized carbons (Fsp3) is 0.182. The molecule has 0 aliphatic heterocycles. The van der Waals surface area contributed by atoms with E-state index < -0.39 is 5.82 Å². The van der Waals surface area contributed by atoms with Crippen molar-refractivity contribution in [2.75, 3.05) is 5.73 Å². The van der Waals surface area contributed by atoms with Gasteiger partial charge in [-0.2, -0.15) is 0 Å². The Labute approximate surface area is 91.9 Å². The third kappa shape index (κ3) is 1.43. The number of anilines is 1. The van der Waals surface area contributed by atoms with Gasteiger partial charge in [0.15, 0.2) is 5.82 Å². The first kappa shape index (κ1) is 10.2. The number of aryl methyl sites for hydroxylation is 2. The Morgan fingerprint density at radius 3 is 2.67 bits per heavy atom. The molecular formula is C11H10ClFN2. The minimum atomic E-state index is -0.421. The summed E-state index contributed by atoms with van der Waals surface area (Å²) in [5.74, 6) is -0.421. The molecule has 0 atom stereocenters. The van der Waals surface area contributed by atoms with Gasteiger partial charge in [0, 0.05) is 11.6 Å². The predicted molar refractivity (Wildman–Crippen MR) is 60.6 cm³/mol. The number of hydrogen-bond donors (Lipinski definition) is 1. The number of nitrogens with two attached hydrogens (primary N) is 1. The number of rotatable bonds is 0. The van der Waals surface area contributed by atoms with Crippen LogP contribution in [0.4, 0.5) is 10.1 Å². The smallest absolute Gasteiger partial charge is 0.151 e. The van der Waals surface area contributed by atoms with Gasteiger partial charge in [-0.15, -0.1) is 0 Å². The fourth-order valence-electron chi connectivity index (χ4n) is 1.55. The molecule has 2 nitrogen and oxygen atoms in total. The van der Waals surface area contributed by atoms with Crippen molar-refractivity contribution in [2.45, 2.75) is 13.8 Å². The topological polar surface area (TPSA) is 38.9 Å². The number of pyridine rings is 1. The predicted octanol–water partition coefficient (Wildman–Crippen LogP) is 3.23. The Kier molecular flexibility index (Phi) is 2.27. The highest BCUT2D eigenvalue weighted by atomic mass is 35.5. The number of hydrogen-bond acceptors (Lipinski definition) is 2. The maximum atomic E-state index is 13.5. The first-order chi connectivity index (χ1) is 7.02. The summed E-state index contributed by atoms with van der Waals surface area (Å²) < 4.78 is 13.5. The molecule has 0 aliphatic rings. The lowest BCUT2D eigenvalue weighted by Crippen LogP contribution is -1.98. The SMILES string of the molecule is Cc1cc2c(Cl)c(C)cnc2c(N)c1F. The van der Waals surface area contributed by atoms with Crippen LogP contribution < -0.4 is 5.73 Å². The van der Waals surface area contributed by atoms with Gasteiger partial charge in [-0.3, -0.25) is 4.98 Å². The molecule has 0 radical (unpaired) electrons. The second kappa shape index (κ2) is 3.35. The van der Waals surface area contributed by atoms with Crippen LogP contribution in [0.2, 0.25) is 5.02 Å². The second-order valence-corrected chi connectivity index (χ2v) is 3.95. The Balaban J connectivity index is 2.98. The molecule has 0 amide bonds. The van der Waals surface area contributed by atoms with Crippen LogP contribution in [0.3, 0.4) is 0 Å². The van der Waals surface area contributed by atoms with E-state index in [0.717, 1.165) is 5.56 Å². The highest BCUT2D eigenvalue weighted by Crippen LogP contribution is 2.31. The summed E-state index contributed by atoms with van der Waals surface area (Å²) in [5, 5.41) is 1.28. The van der Waals surface area contributed by atoms with Gasteiger partial charge in [-0.1, -0.05) is 11.6 Å². The van der Waals surface area contributed by atoms with E-state index in [0.29, 0.717) is 21.5 Å². The first-order valence-electron chi connectivity index (χ1n) is 4.51. The summed E-state index contributed by atoms with van der Waals surface area (Å²) in [6.07, 6.45) is 1.59. The van der Waals surface area contributed by atoms with E-state index >= 15 is 0 Å². The highest BCUT2D eigenvalue weighted by molar-refractivity contribution is 6.36. The summed E-state index contributed by atoms with van der Waals surface area (Å²) in [6.45, 7) is 3.51. The van der Waals surface area contributed by atoms with Crippen LogP contribution in [0.1, 0.15) is 11.1 Å². The van der Waals surface area contributed by atoms with Gasteiger partial charge in [0.1, 0.15) is 0 Å². The average Bonchev–Trinajstić information content (AvgIpc) is 2.21. The molecule has 15 heavy (non-hydrogen) atoms. The van der Waals surface area contributed by atoms with Crippen LogP contribution in [0, 0.1) is 19.7 Å². The zero-order valence-electron chi connectivity index (χ0n) is 8.44. The van der Waals surface area contributed by atoms with E-state index in [1.165, 1.54) is 0 Å². The van der Waals surface area contributed by atoms with Crippen molar-refractivity contribution in [1.29, 1.82) is 0 Å². The molecule has 0 aliphatic carbocycles. The zero-order valence-corrected chi connectivity index (χ0v) is 9.19. The lowest BCUT2D eigenvalue weighted by molar-refractivity contribution is 0.624. The van der Waals surface area contributed by atoms with Gasteiger partial charge in [-0.05, 0) is 31.0 Å². The van der Waals surface area contributed by atoms with E-state index in [9.17, 15) is 4.39 Å². The van der Waals surface area contributed by atoms with Crippen LogP contribution in [-0.4, -0.2) is 4.98 Å². The molecule has 0 fully saturated rings. The molecule has 0 unspecified atom stereocenters. The van der Waals surface area contributed by atoms with Crippen molar-refractivity contribution < 1.29 is 4.39 Å². The van der Waals surface area contributed by atoms with Crippen molar-refractivity contribution >= 4 is 28.2 Å². The van der Waals surface area contributed by atoms with E-state index in [2.05, 4.69) is 4.98 Å². The summed E-state index contributed by atoms with van der Waals surface area (Å²) >= 11 is 6.10. The Morgan fingerprint density at radius 2 is 2.00 bits per heavy atom. The van der Waals surface area contributed by atoms with Gasteiger partial charge >= 0.3 is 0 Å². The van der Waals surface area contributed by atoms with Crippen LogP contribution in [-0.2, 0) is 0 Å². The number of aromatic nitrogens is 1. The van der Waals surface area contributed by atoms with Crippen LogP contribution >= 0.6 is 11.6 Å². The minimum Gasteiger partial charge on any atom is -0.395 e. The van der Waals surface area contributed by atoms with E-state index in [-0.39, 0.29) is 5.69 Å². The van der Waals surface area contributed by atoms with Gasteiger partial charge in [-0.25, -0.2) is 4.39 Å². The molecule has 0 bridgehead atoms. The number of halogens is 2. The van der Waals surface area contributed by atoms with Crippen molar-refractivity contribution in [3.63, 3.8) is 0 Å². The number of nitrogen functional groups attached to an aromatic ring is 1. The number of benzene rings is 1. The van der Waals surface area contributed by atoms with Crippen molar-refractivity contribution in [3.05, 3.63) is 34.2 Å². The number of nitrogens with zero attached hydrogens (tertiary/aromatic N) is 1. The Bertz CT molecular complexity index is 552. The third-order valence-corrected chi connectivity index (χ3v) is 2.93. The lowest BCUT2D eigenvalue weighted by atomic mass is 10.1. The van der Waals surface area contributed by atoms with Gasteiger partial charge < -0.3 is 5.73 Å². The summed E-state index contributed by atoms with van der Waals surface area (Å²) in [5.41, 5.74) is 7.47. The molecule has 0 spiro atoms. The van der Waals surface area contributed by atoms with Gasteiger partial charge in [0.25, 0.3) is 0 Å². The average molecular weight is 225 g/mol. The van der Waals surface area contributed by atoms with Gasteiger partial charge in [0.05, 0.1) is 16.2 Å². The molecule has 1 aromatic heterocycles. The van der Waals surface area contributed by atoms with E-state index in [1.807, 2.05) is 6.92 Å². The number of fused-ring (bicyclic) bond motifs is 1. The maximum Gasteiger partial charge on any atom is 0.151 e. The standard InChI is InChI=1S/C11H10ClFN2/c1-5-3-7-8(12)6(2)4-15-11(7)10(14)9(5)13/h3-4H,14H2,1-2H3. The maximum absolute atomic E-state index is 13.5. The molecule has 0 saturated heterocycles. The van der Waals surface area contributed by atoms with Crippen LogP contribution in [0.5, 0.6) is 0 Å². The quantitative estimate of drug-likeness (QED) is 0.698. The lowest BCUT2D eigenvalue weighted by Gasteiger charge is -2.08. The molecule has 2 rings (SSSR count). The van der Waals surface area contributed by atoms with E-state index in [1.54, 1.807) is 19.2 Å². The first-order valence-corrected chi connectivity index (χ1v) is 4.89. The third-order valence-electron chi connectivity index (χ3n) is 2.42. The van der Waals surface area contributed by atoms with Crippen LogP contribution in [0.25, 0.3) is 10.9 Å². The van der Waals surface area contributed by atoms with Crippen molar-refractivity contribution in [2.24, 2.45) is 0 Å². The summed E-state index contributed by atoms with van der Waals surface area (Å²) in [7, 11) is 0. The summed E-state index contributed by atoms with van der Waals surface area (Å²) in [4.78, 5) is 4.09. The highest BCUT2D eigenvalue weighted by Gasteiger charge is 2.12. The Hall–Kier alpha value is -1.35. The molecule has 2 aromatic rings. The molecule has 1 heterocycles. The molecule has 2 N–H and O–H groups in total. The molecule has 78 valence electrons. The van der Waals surface area contributed by atoms with E-state index in [4.69, 9.17) is 17.3 Å². The van der Waals surface area contributed by atoms with Crippen molar-refractivity contribution in [3.8, 4) is 0 Å². The fourth-order valence-corrected chi connectivity index (χ4v) is 1.74. The van der Waals surface area contributed by atoms with Crippen molar-refractivity contribution in [1.82, 2.24) is 4.98 Å². The molecular weight excluding hydrogens is 215 g/mol. The molecule has 0 saturated carbocycles. The molecule has 4 heteroatoms. The zero-order chi connectivity index (χ0) is 11.2.